The van der Waals surface area contributed by atoms with Crippen LogP contribution in [0.25, 0.3) is 0 Å². The zero-order valence-corrected chi connectivity index (χ0v) is 6.88. The van der Waals surface area contributed by atoms with Crippen LogP contribution in [0.5, 0.6) is 0 Å². The molecule has 0 aliphatic heterocycles. The third kappa shape index (κ3) is 2.72. The van der Waals surface area contributed by atoms with Crippen molar-refractivity contribution in [2.24, 2.45) is 5.73 Å². The first-order valence-electron chi connectivity index (χ1n) is 3.82. The Balaban J connectivity index is 2.66. The molecule has 1 aromatic rings. The number of hydrogen-bond donors (Lipinski definition) is 1. The lowest BCUT2D eigenvalue weighted by Gasteiger charge is -2.04. The van der Waals surface area contributed by atoms with Crippen molar-refractivity contribution < 1.29 is 0 Å². The van der Waals surface area contributed by atoms with Crippen LogP contribution in [-0.2, 0) is 6.42 Å². The Morgan fingerprint density at radius 2 is 1.91 bits per heavy atom. The first-order valence-corrected chi connectivity index (χ1v) is 3.82. The molecule has 0 fully saturated rings. The van der Waals surface area contributed by atoms with E-state index in [1.807, 2.05) is 0 Å². The quantitative estimate of drug-likeness (QED) is 0.678. The van der Waals surface area contributed by atoms with Gasteiger partial charge in [-0.25, -0.2) is 0 Å². The van der Waals surface area contributed by atoms with Gasteiger partial charge in [-0.3, -0.25) is 0 Å². The molecular weight excluding hydrogens is 134 g/mol. The summed E-state index contributed by atoms with van der Waals surface area (Å²) in [5.41, 5.74) is 8.10. The maximum Gasteiger partial charge on any atom is 0.00799 e. The van der Waals surface area contributed by atoms with Gasteiger partial charge in [-0.1, -0.05) is 29.8 Å². The van der Waals surface area contributed by atoms with Crippen LogP contribution in [0.2, 0.25) is 0 Å². The Morgan fingerprint density at radius 1 is 1.36 bits per heavy atom. The van der Waals surface area contributed by atoms with Gasteiger partial charge in [0.15, 0.2) is 0 Å². The highest BCUT2D eigenvalue weighted by molar-refractivity contribution is 5.22. The summed E-state index contributed by atoms with van der Waals surface area (Å²) in [7, 11) is 0. The maximum absolute atomic E-state index is 5.55. The summed E-state index contributed by atoms with van der Waals surface area (Å²) in [6.45, 7) is 5.81. The van der Waals surface area contributed by atoms with Crippen LogP contribution in [0.15, 0.2) is 24.3 Å². The van der Waals surface area contributed by atoms with Crippen molar-refractivity contribution >= 4 is 0 Å². The average molecular weight is 148 g/mol. The SMILES string of the molecule is [CH2]C(N)Cc1ccc(C)cc1. The molecule has 1 aromatic carbocycles. The minimum absolute atomic E-state index is 0.0118. The second-order valence-electron chi connectivity index (χ2n) is 2.95. The number of nitrogens with two attached hydrogens (primary N) is 1. The van der Waals surface area contributed by atoms with Gasteiger partial charge in [-0.15, -0.1) is 0 Å². The molecule has 1 heteroatoms. The van der Waals surface area contributed by atoms with Gasteiger partial charge in [0, 0.05) is 6.04 Å². The van der Waals surface area contributed by atoms with E-state index in [0.29, 0.717) is 0 Å². The smallest absolute Gasteiger partial charge is 0.00799 e. The van der Waals surface area contributed by atoms with Crippen molar-refractivity contribution in [1.82, 2.24) is 0 Å². The van der Waals surface area contributed by atoms with E-state index in [1.54, 1.807) is 0 Å². The highest BCUT2D eigenvalue weighted by Gasteiger charge is 1.95. The predicted molar refractivity (Wildman–Crippen MR) is 48.2 cm³/mol. The molecule has 0 aromatic heterocycles. The fraction of sp³-hybridized carbons (Fsp3) is 0.300. The Labute approximate surface area is 68.2 Å². The molecule has 0 heterocycles. The fourth-order valence-electron chi connectivity index (χ4n) is 1.03. The van der Waals surface area contributed by atoms with E-state index in [-0.39, 0.29) is 6.04 Å². The molecule has 0 saturated heterocycles. The third-order valence-corrected chi connectivity index (χ3v) is 1.62. The van der Waals surface area contributed by atoms with Crippen LogP contribution in [0.4, 0.5) is 0 Å². The van der Waals surface area contributed by atoms with Crippen molar-refractivity contribution in [1.29, 1.82) is 0 Å². The van der Waals surface area contributed by atoms with Crippen LogP contribution in [0.3, 0.4) is 0 Å². The van der Waals surface area contributed by atoms with Gasteiger partial charge in [0.2, 0.25) is 0 Å². The summed E-state index contributed by atoms with van der Waals surface area (Å²) in [5, 5.41) is 0. The van der Waals surface area contributed by atoms with Gasteiger partial charge >= 0.3 is 0 Å². The van der Waals surface area contributed by atoms with E-state index in [0.717, 1.165) is 6.42 Å². The van der Waals surface area contributed by atoms with Crippen molar-refractivity contribution in [3.63, 3.8) is 0 Å². The Kier molecular flexibility index (Phi) is 2.66. The zero-order valence-electron chi connectivity index (χ0n) is 6.88. The lowest BCUT2D eigenvalue weighted by molar-refractivity contribution is 0.806. The van der Waals surface area contributed by atoms with Crippen LogP contribution in [-0.4, -0.2) is 6.04 Å². The lowest BCUT2D eigenvalue weighted by atomic mass is 10.1. The molecule has 59 valence electrons. The molecule has 1 radical (unpaired) electrons. The second kappa shape index (κ2) is 3.54. The van der Waals surface area contributed by atoms with E-state index < -0.39 is 0 Å². The molecule has 0 spiro atoms. The van der Waals surface area contributed by atoms with E-state index in [9.17, 15) is 0 Å². The summed E-state index contributed by atoms with van der Waals surface area (Å²) in [6.07, 6.45) is 0.861. The van der Waals surface area contributed by atoms with Gasteiger partial charge in [-0.2, -0.15) is 0 Å². The standard InChI is InChI=1S/C10H14N/c1-8-3-5-10(6-4-8)7-9(2)11/h3-6,9H,2,7,11H2,1H3. The van der Waals surface area contributed by atoms with Crippen molar-refractivity contribution in [2.45, 2.75) is 19.4 Å². The van der Waals surface area contributed by atoms with Crippen LogP contribution < -0.4 is 5.73 Å². The highest BCUT2D eigenvalue weighted by atomic mass is 14.6. The van der Waals surface area contributed by atoms with Crippen molar-refractivity contribution in [3.05, 3.63) is 42.3 Å². The fourth-order valence-corrected chi connectivity index (χ4v) is 1.03. The normalized spacial score (nSPS) is 13.0. The molecule has 11 heavy (non-hydrogen) atoms. The van der Waals surface area contributed by atoms with Gasteiger partial charge in [-0.05, 0) is 25.8 Å². The molecule has 2 N–H and O–H groups in total. The molecule has 1 nitrogen and oxygen atoms in total. The lowest BCUT2D eigenvalue weighted by Crippen LogP contribution is -2.17. The van der Waals surface area contributed by atoms with E-state index in [1.165, 1.54) is 11.1 Å². The minimum Gasteiger partial charge on any atom is -0.327 e. The first-order chi connectivity index (χ1) is 5.18. The molecule has 0 bridgehead atoms. The predicted octanol–water partition coefficient (Wildman–Crippen LogP) is 1.70. The Morgan fingerprint density at radius 3 is 2.36 bits per heavy atom. The van der Waals surface area contributed by atoms with Gasteiger partial charge in [0.1, 0.15) is 0 Å². The maximum atomic E-state index is 5.55. The monoisotopic (exact) mass is 148 g/mol. The van der Waals surface area contributed by atoms with E-state index in [4.69, 9.17) is 5.73 Å². The number of aryl methyl sites for hydroxylation is 1. The highest BCUT2D eigenvalue weighted by Crippen LogP contribution is 2.04. The van der Waals surface area contributed by atoms with Gasteiger partial charge < -0.3 is 5.73 Å². The minimum atomic E-state index is 0.0118. The second-order valence-corrected chi connectivity index (χ2v) is 2.95. The summed E-state index contributed by atoms with van der Waals surface area (Å²) in [6, 6.07) is 8.40. The number of rotatable bonds is 2. The van der Waals surface area contributed by atoms with E-state index >= 15 is 0 Å². The molecular formula is C10H14N. The average Bonchev–Trinajstić information content (AvgIpc) is 1.93. The molecule has 0 saturated carbocycles. The zero-order chi connectivity index (χ0) is 8.27. The van der Waals surface area contributed by atoms with Crippen LogP contribution in [0, 0.1) is 13.8 Å². The van der Waals surface area contributed by atoms with Crippen molar-refractivity contribution in [3.8, 4) is 0 Å². The van der Waals surface area contributed by atoms with Gasteiger partial charge in [0.05, 0.1) is 0 Å². The van der Waals surface area contributed by atoms with Gasteiger partial charge in [0.25, 0.3) is 0 Å². The topological polar surface area (TPSA) is 26.0 Å². The molecule has 0 aliphatic carbocycles. The Bertz CT molecular complexity index is 211. The number of benzene rings is 1. The largest absolute Gasteiger partial charge is 0.327 e. The summed E-state index contributed by atoms with van der Waals surface area (Å²) in [5.74, 6) is 0. The van der Waals surface area contributed by atoms with E-state index in [2.05, 4.69) is 38.1 Å². The van der Waals surface area contributed by atoms with Crippen LogP contribution >= 0.6 is 0 Å². The molecule has 1 atom stereocenters. The summed E-state index contributed by atoms with van der Waals surface area (Å²) < 4.78 is 0. The molecule has 1 rings (SSSR count). The first kappa shape index (κ1) is 8.28. The van der Waals surface area contributed by atoms with Crippen molar-refractivity contribution in [2.75, 3.05) is 0 Å². The molecule has 0 aliphatic rings. The molecule has 1 unspecified atom stereocenters. The molecule has 0 amide bonds. The third-order valence-electron chi connectivity index (χ3n) is 1.62. The van der Waals surface area contributed by atoms with Crippen LogP contribution in [0.1, 0.15) is 11.1 Å². The summed E-state index contributed by atoms with van der Waals surface area (Å²) in [4.78, 5) is 0. The number of hydrogen-bond acceptors (Lipinski definition) is 1. The summed E-state index contributed by atoms with van der Waals surface area (Å²) >= 11 is 0. The Hall–Kier alpha value is -0.820.